The molecule has 1 aromatic rings. The SMILES string of the molecule is CCNC(=NCC1CCN(S(C)(=O)=O)CC1)NCC1CC(=O)Nc2ccccc21. The maximum atomic E-state index is 12.0. The lowest BCUT2D eigenvalue weighted by Gasteiger charge is -2.29. The van der Waals surface area contributed by atoms with E-state index < -0.39 is 10.0 Å². The van der Waals surface area contributed by atoms with Crippen LogP contribution in [-0.4, -0.2) is 63.6 Å². The molecule has 2 aliphatic rings. The molecule has 0 bridgehead atoms. The van der Waals surface area contributed by atoms with Crippen LogP contribution in [0, 0.1) is 5.92 Å². The minimum absolute atomic E-state index is 0.0371. The second-order valence-corrected chi connectivity index (χ2v) is 9.72. The molecule has 0 aliphatic carbocycles. The van der Waals surface area contributed by atoms with Crippen LogP contribution >= 0.6 is 0 Å². The molecule has 3 N–H and O–H groups in total. The molecule has 1 amide bonds. The standard InChI is InChI=1S/C20H31N5O3S/c1-3-21-20(22-13-15-8-10-25(11-9-15)29(2,27)28)23-14-16-12-19(26)24-18-7-5-4-6-17(16)18/h4-7,15-16H,3,8-14H2,1-2H3,(H,24,26)(H2,21,22,23). The van der Waals surface area contributed by atoms with Crippen molar-refractivity contribution < 1.29 is 13.2 Å². The van der Waals surface area contributed by atoms with Gasteiger partial charge in [0.1, 0.15) is 0 Å². The third-order valence-corrected chi connectivity index (χ3v) is 6.82. The summed E-state index contributed by atoms with van der Waals surface area (Å²) in [5.41, 5.74) is 2.03. The number of rotatable bonds is 6. The summed E-state index contributed by atoms with van der Waals surface area (Å²) < 4.78 is 24.8. The van der Waals surface area contributed by atoms with E-state index in [-0.39, 0.29) is 11.8 Å². The zero-order valence-electron chi connectivity index (χ0n) is 17.1. The largest absolute Gasteiger partial charge is 0.357 e. The molecule has 2 heterocycles. The van der Waals surface area contributed by atoms with E-state index in [0.29, 0.717) is 38.5 Å². The van der Waals surface area contributed by atoms with Gasteiger partial charge in [0.2, 0.25) is 15.9 Å². The van der Waals surface area contributed by atoms with Gasteiger partial charge in [0.05, 0.1) is 6.26 Å². The van der Waals surface area contributed by atoms with Crippen LogP contribution in [0.25, 0.3) is 0 Å². The Morgan fingerprint density at radius 3 is 2.66 bits per heavy atom. The van der Waals surface area contributed by atoms with Crippen LogP contribution < -0.4 is 16.0 Å². The number of fused-ring (bicyclic) bond motifs is 1. The van der Waals surface area contributed by atoms with Gasteiger partial charge in [0.25, 0.3) is 0 Å². The van der Waals surface area contributed by atoms with E-state index >= 15 is 0 Å². The van der Waals surface area contributed by atoms with Crippen LogP contribution in [0.1, 0.15) is 37.7 Å². The average molecular weight is 422 g/mol. The molecule has 0 saturated carbocycles. The molecule has 2 aliphatic heterocycles. The Morgan fingerprint density at radius 1 is 1.24 bits per heavy atom. The summed E-state index contributed by atoms with van der Waals surface area (Å²) in [6.07, 6.45) is 3.37. The summed E-state index contributed by atoms with van der Waals surface area (Å²) in [4.78, 5) is 16.7. The Balaban J connectivity index is 1.56. The first-order valence-corrected chi connectivity index (χ1v) is 12.1. The van der Waals surface area contributed by atoms with Crippen molar-refractivity contribution in [2.45, 2.75) is 32.1 Å². The topological polar surface area (TPSA) is 103 Å². The summed E-state index contributed by atoms with van der Waals surface area (Å²) in [5.74, 6) is 1.25. The lowest BCUT2D eigenvalue weighted by atomic mass is 9.90. The first-order chi connectivity index (χ1) is 13.9. The number of amides is 1. The van der Waals surface area contributed by atoms with Crippen LogP contribution in [0.5, 0.6) is 0 Å². The van der Waals surface area contributed by atoms with Crippen molar-refractivity contribution in [3.63, 3.8) is 0 Å². The Labute approximate surface area is 173 Å². The van der Waals surface area contributed by atoms with Crippen LogP contribution in [0.3, 0.4) is 0 Å². The van der Waals surface area contributed by atoms with Crippen molar-refractivity contribution in [1.29, 1.82) is 0 Å². The monoisotopic (exact) mass is 421 g/mol. The van der Waals surface area contributed by atoms with Gasteiger partial charge in [-0.2, -0.15) is 0 Å². The van der Waals surface area contributed by atoms with Crippen molar-refractivity contribution in [2.24, 2.45) is 10.9 Å². The fourth-order valence-corrected chi connectivity index (χ4v) is 4.76. The number of para-hydroxylation sites is 1. The summed E-state index contributed by atoms with van der Waals surface area (Å²) in [7, 11) is -3.10. The number of anilines is 1. The van der Waals surface area contributed by atoms with Crippen molar-refractivity contribution in [3.8, 4) is 0 Å². The molecule has 3 rings (SSSR count). The number of carbonyl (C=O) groups is 1. The predicted octanol–water partition coefficient (Wildman–Crippen LogP) is 1.34. The minimum atomic E-state index is -3.10. The number of nitrogens with zero attached hydrogens (tertiary/aromatic N) is 2. The maximum Gasteiger partial charge on any atom is 0.225 e. The molecule has 1 unspecified atom stereocenters. The lowest BCUT2D eigenvalue weighted by Crippen LogP contribution is -2.42. The molecule has 8 nitrogen and oxygen atoms in total. The molecule has 0 spiro atoms. The number of hydrogen-bond acceptors (Lipinski definition) is 4. The molecule has 1 aromatic carbocycles. The van der Waals surface area contributed by atoms with Gasteiger partial charge in [-0.1, -0.05) is 18.2 Å². The van der Waals surface area contributed by atoms with Crippen LogP contribution in [0.2, 0.25) is 0 Å². The minimum Gasteiger partial charge on any atom is -0.357 e. The molecule has 160 valence electrons. The van der Waals surface area contributed by atoms with E-state index in [1.54, 1.807) is 4.31 Å². The molecule has 1 fully saturated rings. The summed E-state index contributed by atoms with van der Waals surface area (Å²) >= 11 is 0. The average Bonchev–Trinajstić information content (AvgIpc) is 2.69. The number of carbonyl (C=O) groups excluding carboxylic acids is 1. The summed E-state index contributed by atoms with van der Waals surface area (Å²) in [5, 5.41) is 9.56. The van der Waals surface area contributed by atoms with Crippen LogP contribution in [0.15, 0.2) is 29.3 Å². The van der Waals surface area contributed by atoms with Gasteiger partial charge in [-0.25, -0.2) is 12.7 Å². The van der Waals surface area contributed by atoms with E-state index in [1.165, 1.54) is 6.26 Å². The van der Waals surface area contributed by atoms with Gasteiger partial charge in [0, 0.05) is 50.7 Å². The third-order valence-electron chi connectivity index (χ3n) is 5.52. The van der Waals surface area contributed by atoms with Crippen molar-refractivity contribution in [2.75, 3.05) is 44.3 Å². The van der Waals surface area contributed by atoms with E-state index in [4.69, 9.17) is 4.99 Å². The number of hydrogen-bond donors (Lipinski definition) is 3. The number of benzene rings is 1. The van der Waals surface area contributed by atoms with E-state index in [0.717, 1.165) is 36.6 Å². The quantitative estimate of drug-likeness (QED) is 0.475. The zero-order chi connectivity index (χ0) is 20.9. The Bertz CT molecular complexity index is 847. The molecule has 1 saturated heterocycles. The van der Waals surface area contributed by atoms with Crippen LogP contribution in [-0.2, 0) is 14.8 Å². The fourth-order valence-electron chi connectivity index (χ4n) is 3.89. The van der Waals surface area contributed by atoms with E-state index in [9.17, 15) is 13.2 Å². The van der Waals surface area contributed by atoms with Gasteiger partial charge < -0.3 is 16.0 Å². The highest BCUT2D eigenvalue weighted by Gasteiger charge is 2.26. The van der Waals surface area contributed by atoms with Crippen molar-refractivity contribution in [1.82, 2.24) is 14.9 Å². The smallest absolute Gasteiger partial charge is 0.225 e. The molecular weight excluding hydrogens is 390 g/mol. The van der Waals surface area contributed by atoms with Crippen LogP contribution in [0.4, 0.5) is 5.69 Å². The molecule has 0 radical (unpaired) electrons. The van der Waals surface area contributed by atoms with Gasteiger partial charge in [-0.3, -0.25) is 9.79 Å². The van der Waals surface area contributed by atoms with Gasteiger partial charge in [-0.05, 0) is 37.3 Å². The molecule has 1 atom stereocenters. The fraction of sp³-hybridized carbons (Fsp3) is 0.600. The highest BCUT2D eigenvalue weighted by molar-refractivity contribution is 7.88. The highest BCUT2D eigenvalue weighted by atomic mass is 32.2. The Hall–Kier alpha value is -2.13. The Kier molecular flexibility index (Phi) is 7.13. The van der Waals surface area contributed by atoms with E-state index in [2.05, 4.69) is 22.0 Å². The first kappa shape index (κ1) is 21.6. The summed E-state index contributed by atoms with van der Waals surface area (Å²) in [6, 6.07) is 7.91. The second kappa shape index (κ2) is 9.58. The van der Waals surface area contributed by atoms with Crippen molar-refractivity contribution >= 4 is 27.6 Å². The lowest BCUT2D eigenvalue weighted by molar-refractivity contribution is -0.116. The Morgan fingerprint density at radius 2 is 1.97 bits per heavy atom. The summed E-state index contributed by atoms with van der Waals surface area (Å²) in [6.45, 7) is 5.19. The van der Waals surface area contributed by atoms with E-state index in [1.807, 2.05) is 25.1 Å². The normalized spacial score (nSPS) is 21.4. The number of sulfonamides is 1. The first-order valence-electron chi connectivity index (χ1n) is 10.2. The predicted molar refractivity (Wildman–Crippen MR) is 116 cm³/mol. The maximum absolute atomic E-state index is 12.0. The molecule has 29 heavy (non-hydrogen) atoms. The highest BCUT2D eigenvalue weighted by Crippen LogP contribution is 2.31. The number of guanidine groups is 1. The van der Waals surface area contributed by atoms with Gasteiger partial charge in [0.15, 0.2) is 5.96 Å². The number of nitrogens with one attached hydrogen (secondary N) is 3. The molecular formula is C20H31N5O3S. The second-order valence-electron chi connectivity index (χ2n) is 7.74. The zero-order valence-corrected chi connectivity index (χ0v) is 18.0. The molecule has 9 heteroatoms. The molecule has 0 aromatic heterocycles. The third kappa shape index (κ3) is 5.93. The number of piperidine rings is 1. The van der Waals surface area contributed by atoms with Gasteiger partial charge >= 0.3 is 0 Å². The van der Waals surface area contributed by atoms with Crippen molar-refractivity contribution in [3.05, 3.63) is 29.8 Å². The number of aliphatic imine (C=N–C) groups is 1. The van der Waals surface area contributed by atoms with Gasteiger partial charge in [-0.15, -0.1) is 0 Å².